The summed E-state index contributed by atoms with van der Waals surface area (Å²) >= 11 is 0. The lowest BCUT2D eigenvalue weighted by atomic mass is 9.68. The van der Waals surface area contributed by atoms with Gasteiger partial charge in [-0.15, -0.1) is 6.58 Å². The van der Waals surface area contributed by atoms with Gasteiger partial charge in [0.15, 0.2) is 11.6 Å². The van der Waals surface area contributed by atoms with Crippen LogP contribution in [0.5, 0.6) is 5.75 Å². The number of carbonyl (C=O) groups is 1. The highest BCUT2D eigenvalue weighted by Gasteiger charge is 2.35. The molecule has 0 radical (unpaired) electrons. The Morgan fingerprint density at radius 3 is 2.21 bits per heavy atom. The molecular formula is C34H50F2O3. The van der Waals surface area contributed by atoms with Crippen molar-refractivity contribution in [1.82, 2.24) is 0 Å². The first kappa shape index (κ1) is 30.1. The van der Waals surface area contributed by atoms with Gasteiger partial charge in [-0.2, -0.15) is 4.39 Å². The van der Waals surface area contributed by atoms with E-state index in [1.807, 2.05) is 6.08 Å². The summed E-state index contributed by atoms with van der Waals surface area (Å²) in [6, 6.07) is 3.24. The van der Waals surface area contributed by atoms with E-state index in [2.05, 4.69) is 13.5 Å². The largest absolute Gasteiger partial charge is 0.490 e. The second-order valence-electron chi connectivity index (χ2n) is 12.5. The highest BCUT2D eigenvalue weighted by atomic mass is 19.2. The van der Waals surface area contributed by atoms with Gasteiger partial charge in [0.1, 0.15) is 6.10 Å². The highest BCUT2D eigenvalue weighted by Crippen LogP contribution is 2.43. The summed E-state index contributed by atoms with van der Waals surface area (Å²) < 4.78 is 40.9. The number of halogens is 2. The van der Waals surface area contributed by atoms with Crippen molar-refractivity contribution in [2.45, 2.75) is 128 Å². The van der Waals surface area contributed by atoms with Gasteiger partial charge in [-0.05, 0) is 119 Å². The maximum atomic E-state index is 14.9. The number of carbonyl (C=O) groups excluding carboxylic acids is 1. The van der Waals surface area contributed by atoms with Crippen LogP contribution in [0, 0.1) is 35.3 Å². The van der Waals surface area contributed by atoms with Crippen molar-refractivity contribution in [2.24, 2.45) is 23.7 Å². The zero-order chi connectivity index (χ0) is 27.6. The van der Waals surface area contributed by atoms with E-state index in [4.69, 9.17) is 9.47 Å². The molecular weight excluding hydrogens is 494 g/mol. The predicted molar refractivity (Wildman–Crippen MR) is 153 cm³/mol. The predicted octanol–water partition coefficient (Wildman–Crippen LogP) is 9.68. The van der Waals surface area contributed by atoms with Gasteiger partial charge in [-0.25, -0.2) is 4.39 Å². The second kappa shape index (κ2) is 15.2. The zero-order valence-electron chi connectivity index (χ0n) is 24.1. The van der Waals surface area contributed by atoms with Crippen molar-refractivity contribution in [3.63, 3.8) is 0 Å². The first-order chi connectivity index (χ1) is 19.0. The van der Waals surface area contributed by atoms with Gasteiger partial charge in [0.2, 0.25) is 5.82 Å². The molecule has 3 nitrogen and oxygen atoms in total. The van der Waals surface area contributed by atoms with Crippen LogP contribution in [0.2, 0.25) is 0 Å². The standard InChI is InChI=1S/C34H50F2O3/c1-3-5-7-23-38-31-22-21-30(32(35)33(31)36)27-17-19-29(20-18-27)39-34(37)28-15-13-26(14-16-28)25-11-9-24(10-12-25)8-6-4-2/h4,21-22,24-29H,2-3,5-20,23H2,1H3. The number of unbranched alkanes of at least 4 members (excludes halogenated alkanes) is 2. The smallest absolute Gasteiger partial charge is 0.309 e. The van der Waals surface area contributed by atoms with E-state index in [1.54, 1.807) is 12.1 Å². The average Bonchev–Trinajstić information content (AvgIpc) is 2.97. The van der Waals surface area contributed by atoms with Crippen LogP contribution in [0.15, 0.2) is 24.8 Å². The van der Waals surface area contributed by atoms with E-state index in [-0.39, 0.29) is 29.7 Å². The molecule has 0 bridgehead atoms. The van der Waals surface area contributed by atoms with Gasteiger partial charge in [0.25, 0.3) is 0 Å². The molecule has 0 heterocycles. The summed E-state index contributed by atoms with van der Waals surface area (Å²) in [5, 5.41) is 0. The fraction of sp³-hybridized carbons (Fsp3) is 0.735. The molecule has 218 valence electrons. The molecule has 4 rings (SSSR count). The zero-order valence-corrected chi connectivity index (χ0v) is 24.1. The van der Waals surface area contributed by atoms with E-state index < -0.39 is 11.6 Å². The van der Waals surface area contributed by atoms with Crippen LogP contribution in [0.1, 0.15) is 128 Å². The molecule has 5 heteroatoms. The minimum Gasteiger partial charge on any atom is -0.490 e. The Labute approximate surface area is 235 Å². The SMILES string of the molecule is C=CCCC1CCC(C2CCC(C(=O)OC3CCC(c4ccc(OCCCCC)c(F)c4F)CC3)CC2)CC1. The molecule has 39 heavy (non-hydrogen) atoms. The number of esters is 1. The van der Waals surface area contributed by atoms with Gasteiger partial charge in [-0.1, -0.05) is 44.7 Å². The van der Waals surface area contributed by atoms with Crippen LogP contribution in [-0.2, 0) is 9.53 Å². The summed E-state index contributed by atoms with van der Waals surface area (Å²) in [6.45, 7) is 6.35. The Morgan fingerprint density at radius 2 is 1.56 bits per heavy atom. The molecule has 0 atom stereocenters. The Kier molecular flexibility index (Phi) is 11.7. The lowest BCUT2D eigenvalue weighted by Crippen LogP contribution is -2.32. The summed E-state index contributed by atoms with van der Waals surface area (Å²) in [5.41, 5.74) is 0.422. The molecule has 1 aromatic rings. The second-order valence-corrected chi connectivity index (χ2v) is 12.5. The number of allylic oxidation sites excluding steroid dienone is 1. The number of hydrogen-bond acceptors (Lipinski definition) is 3. The van der Waals surface area contributed by atoms with Crippen LogP contribution < -0.4 is 4.74 Å². The number of benzene rings is 1. The molecule has 0 aromatic heterocycles. The Morgan fingerprint density at radius 1 is 0.897 bits per heavy atom. The van der Waals surface area contributed by atoms with Crippen molar-refractivity contribution < 1.29 is 23.0 Å². The van der Waals surface area contributed by atoms with Gasteiger partial charge in [-0.3, -0.25) is 4.79 Å². The van der Waals surface area contributed by atoms with Gasteiger partial charge >= 0.3 is 5.97 Å². The fourth-order valence-corrected chi connectivity index (χ4v) is 7.39. The fourth-order valence-electron chi connectivity index (χ4n) is 7.39. The molecule has 0 spiro atoms. The normalized spacial score (nSPS) is 29.5. The van der Waals surface area contributed by atoms with Crippen LogP contribution in [-0.4, -0.2) is 18.7 Å². The number of rotatable bonds is 12. The molecule has 3 saturated carbocycles. The summed E-state index contributed by atoms with van der Waals surface area (Å²) in [5.74, 6) is 0.763. The summed E-state index contributed by atoms with van der Waals surface area (Å²) in [7, 11) is 0. The van der Waals surface area contributed by atoms with Crippen molar-refractivity contribution in [3.8, 4) is 5.75 Å². The quantitative estimate of drug-likeness (QED) is 0.149. The molecule has 0 N–H and O–H groups in total. The molecule has 3 aliphatic rings. The molecule has 1 aromatic carbocycles. The maximum absolute atomic E-state index is 14.9. The average molecular weight is 545 g/mol. The molecule has 0 amide bonds. The lowest BCUT2D eigenvalue weighted by Gasteiger charge is -2.37. The lowest BCUT2D eigenvalue weighted by molar-refractivity contribution is -0.157. The summed E-state index contributed by atoms with van der Waals surface area (Å²) in [6.07, 6.45) is 19.7. The molecule has 3 fully saturated rings. The van der Waals surface area contributed by atoms with E-state index in [0.717, 1.165) is 69.1 Å². The maximum Gasteiger partial charge on any atom is 0.309 e. The molecule has 0 saturated heterocycles. The Bertz CT molecular complexity index is 907. The van der Waals surface area contributed by atoms with Crippen molar-refractivity contribution in [2.75, 3.05) is 6.61 Å². The molecule has 0 aliphatic heterocycles. The van der Waals surface area contributed by atoms with E-state index >= 15 is 0 Å². The van der Waals surface area contributed by atoms with Crippen molar-refractivity contribution >= 4 is 5.97 Å². The van der Waals surface area contributed by atoms with Crippen LogP contribution >= 0.6 is 0 Å². The Balaban J connectivity index is 1.17. The minimum atomic E-state index is -0.881. The van der Waals surface area contributed by atoms with Crippen LogP contribution in [0.25, 0.3) is 0 Å². The van der Waals surface area contributed by atoms with Crippen molar-refractivity contribution in [3.05, 3.63) is 42.0 Å². The van der Waals surface area contributed by atoms with Gasteiger partial charge in [0, 0.05) is 0 Å². The highest BCUT2D eigenvalue weighted by molar-refractivity contribution is 5.72. The van der Waals surface area contributed by atoms with E-state index in [9.17, 15) is 13.6 Å². The topological polar surface area (TPSA) is 35.5 Å². The third kappa shape index (κ3) is 8.30. The molecule has 0 unspecified atom stereocenters. The Hall–Kier alpha value is -1.91. The van der Waals surface area contributed by atoms with Crippen molar-refractivity contribution in [1.29, 1.82) is 0 Å². The number of ether oxygens (including phenoxy) is 2. The summed E-state index contributed by atoms with van der Waals surface area (Å²) in [4.78, 5) is 13.0. The first-order valence-electron chi connectivity index (χ1n) is 15.9. The van der Waals surface area contributed by atoms with E-state index in [1.165, 1.54) is 32.1 Å². The third-order valence-corrected chi connectivity index (χ3v) is 9.92. The van der Waals surface area contributed by atoms with Crippen LogP contribution in [0.4, 0.5) is 8.78 Å². The van der Waals surface area contributed by atoms with Gasteiger partial charge in [0.05, 0.1) is 12.5 Å². The molecule has 3 aliphatic carbocycles. The minimum absolute atomic E-state index is 0.000824. The third-order valence-electron chi connectivity index (χ3n) is 9.92. The van der Waals surface area contributed by atoms with Gasteiger partial charge < -0.3 is 9.47 Å². The van der Waals surface area contributed by atoms with E-state index in [0.29, 0.717) is 37.9 Å². The first-order valence-corrected chi connectivity index (χ1v) is 15.9. The van der Waals surface area contributed by atoms with Crippen LogP contribution in [0.3, 0.4) is 0 Å². The monoisotopic (exact) mass is 544 g/mol. The number of hydrogen-bond donors (Lipinski definition) is 0.